The molecule has 1 unspecified atom stereocenters. The minimum Gasteiger partial charge on any atom is -0.450 e. The average molecular weight is 604 g/mol. The van der Waals surface area contributed by atoms with E-state index in [1.54, 1.807) is 6.92 Å². The van der Waals surface area contributed by atoms with Crippen LogP contribution in [0.3, 0.4) is 0 Å². The summed E-state index contributed by atoms with van der Waals surface area (Å²) in [6, 6.07) is 16.9. The van der Waals surface area contributed by atoms with Gasteiger partial charge in [-0.1, -0.05) is 65.9 Å². The Balaban J connectivity index is 1.15. The fourth-order valence-electron chi connectivity index (χ4n) is 4.36. The summed E-state index contributed by atoms with van der Waals surface area (Å²) in [7, 11) is 0. The summed E-state index contributed by atoms with van der Waals surface area (Å²) in [5.74, 6) is 0.346. The number of alkyl carbamates (subject to hydrolysis) is 1. The highest BCUT2D eigenvalue weighted by Crippen LogP contribution is 2.20. The molecule has 1 aromatic heterocycles. The van der Waals surface area contributed by atoms with Crippen LogP contribution in [0.1, 0.15) is 60.8 Å². The SMILES string of the molecule is CCOC(=O)NC(C)c1cccc(CC(=O)Nc2nnc(CCCCC3=CC=C(NC(=O)Cc4ccccc4)NN3)s2)c1. The summed E-state index contributed by atoms with van der Waals surface area (Å²) >= 11 is 1.38. The lowest BCUT2D eigenvalue weighted by Crippen LogP contribution is -2.41. The number of benzene rings is 2. The number of carbonyl (C=O) groups excluding carboxylic acids is 3. The number of nitrogens with zero attached hydrogens (tertiary/aromatic N) is 2. The van der Waals surface area contributed by atoms with E-state index in [1.165, 1.54) is 11.3 Å². The van der Waals surface area contributed by atoms with E-state index in [9.17, 15) is 14.4 Å². The van der Waals surface area contributed by atoms with Crippen molar-refractivity contribution < 1.29 is 19.1 Å². The number of amides is 3. The van der Waals surface area contributed by atoms with Crippen molar-refractivity contribution in [2.75, 3.05) is 11.9 Å². The van der Waals surface area contributed by atoms with Crippen LogP contribution in [0, 0.1) is 0 Å². The molecule has 0 spiro atoms. The smallest absolute Gasteiger partial charge is 0.407 e. The van der Waals surface area contributed by atoms with Crippen LogP contribution in [0.25, 0.3) is 0 Å². The van der Waals surface area contributed by atoms with Crippen molar-refractivity contribution in [1.82, 2.24) is 31.7 Å². The number of nitrogens with one attached hydrogen (secondary N) is 5. The molecule has 226 valence electrons. The summed E-state index contributed by atoms with van der Waals surface area (Å²) in [4.78, 5) is 36.6. The third-order valence-electron chi connectivity index (χ3n) is 6.52. The van der Waals surface area contributed by atoms with Crippen LogP contribution in [0.15, 0.2) is 78.3 Å². The van der Waals surface area contributed by atoms with Gasteiger partial charge in [-0.3, -0.25) is 15.0 Å². The molecule has 4 rings (SSSR count). The Bertz CT molecular complexity index is 1460. The lowest BCUT2D eigenvalue weighted by atomic mass is 10.0. The number of carbonyl (C=O) groups is 3. The maximum Gasteiger partial charge on any atom is 0.407 e. The average Bonchev–Trinajstić information content (AvgIpc) is 3.43. The van der Waals surface area contributed by atoms with Gasteiger partial charge in [0.2, 0.25) is 16.9 Å². The van der Waals surface area contributed by atoms with Crippen molar-refractivity contribution in [2.45, 2.75) is 58.4 Å². The van der Waals surface area contributed by atoms with Gasteiger partial charge in [0.25, 0.3) is 0 Å². The Hall–Kier alpha value is -4.71. The van der Waals surface area contributed by atoms with Crippen LogP contribution in [-0.4, -0.2) is 34.7 Å². The lowest BCUT2D eigenvalue weighted by molar-refractivity contribution is -0.120. The van der Waals surface area contributed by atoms with Crippen LogP contribution < -0.4 is 26.8 Å². The Morgan fingerprint density at radius 1 is 0.884 bits per heavy atom. The molecule has 12 heteroatoms. The van der Waals surface area contributed by atoms with Crippen LogP contribution in [0.2, 0.25) is 0 Å². The molecule has 0 saturated carbocycles. The molecule has 3 aromatic rings. The topological polar surface area (TPSA) is 146 Å². The van der Waals surface area contributed by atoms with Crippen LogP contribution in [0.4, 0.5) is 9.93 Å². The van der Waals surface area contributed by atoms with E-state index >= 15 is 0 Å². The molecule has 43 heavy (non-hydrogen) atoms. The number of hydrogen-bond donors (Lipinski definition) is 5. The summed E-state index contributed by atoms with van der Waals surface area (Å²) < 4.78 is 4.94. The quantitative estimate of drug-likeness (QED) is 0.170. The van der Waals surface area contributed by atoms with Gasteiger partial charge in [0.15, 0.2) is 0 Å². The van der Waals surface area contributed by atoms with E-state index in [0.29, 0.717) is 24.0 Å². The highest BCUT2D eigenvalue weighted by molar-refractivity contribution is 7.15. The molecular formula is C31H37N7O4S. The van der Waals surface area contributed by atoms with Gasteiger partial charge in [-0.05, 0) is 62.0 Å². The van der Waals surface area contributed by atoms with Crippen molar-refractivity contribution in [2.24, 2.45) is 0 Å². The molecule has 0 radical (unpaired) electrons. The minimum atomic E-state index is -0.474. The molecule has 2 aromatic carbocycles. The van der Waals surface area contributed by atoms with Gasteiger partial charge in [0.1, 0.15) is 10.8 Å². The molecule has 0 aliphatic carbocycles. The first-order valence-electron chi connectivity index (χ1n) is 14.3. The van der Waals surface area contributed by atoms with Crippen LogP contribution in [-0.2, 0) is 33.6 Å². The van der Waals surface area contributed by atoms with E-state index in [0.717, 1.165) is 53.1 Å². The molecule has 0 saturated heterocycles. The minimum absolute atomic E-state index is 0.0829. The normalized spacial score (nSPS) is 13.0. The highest BCUT2D eigenvalue weighted by atomic mass is 32.1. The molecule has 2 heterocycles. The zero-order valence-electron chi connectivity index (χ0n) is 24.3. The second-order valence-electron chi connectivity index (χ2n) is 10.00. The predicted octanol–water partition coefficient (Wildman–Crippen LogP) is 4.43. The van der Waals surface area contributed by atoms with Crippen molar-refractivity contribution in [3.63, 3.8) is 0 Å². The van der Waals surface area contributed by atoms with Crippen LogP contribution in [0.5, 0.6) is 0 Å². The largest absolute Gasteiger partial charge is 0.450 e. The maximum absolute atomic E-state index is 12.6. The third-order valence-corrected chi connectivity index (χ3v) is 7.41. The molecule has 1 atom stereocenters. The molecule has 3 amide bonds. The first kappa shape index (κ1) is 31.2. The number of ether oxygens (including phenoxy) is 1. The molecule has 11 nitrogen and oxygen atoms in total. The molecule has 0 fully saturated rings. The van der Waals surface area contributed by atoms with Crippen molar-refractivity contribution >= 4 is 34.4 Å². The number of hydrazine groups is 1. The van der Waals surface area contributed by atoms with Gasteiger partial charge in [-0.15, -0.1) is 10.2 Å². The summed E-state index contributed by atoms with van der Waals surface area (Å²) in [6.45, 7) is 3.92. The van der Waals surface area contributed by atoms with Crippen molar-refractivity contribution in [3.05, 3.63) is 100.0 Å². The molecular weight excluding hydrogens is 566 g/mol. The highest BCUT2D eigenvalue weighted by Gasteiger charge is 2.14. The van der Waals surface area contributed by atoms with E-state index in [4.69, 9.17) is 4.74 Å². The fraction of sp³-hybridized carbons (Fsp3) is 0.323. The van der Waals surface area contributed by atoms with Gasteiger partial charge in [-0.2, -0.15) is 0 Å². The van der Waals surface area contributed by atoms with Gasteiger partial charge >= 0.3 is 6.09 Å². The zero-order chi connectivity index (χ0) is 30.4. The number of hydrogen-bond acceptors (Lipinski definition) is 9. The van der Waals surface area contributed by atoms with E-state index < -0.39 is 6.09 Å². The predicted molar refractivity (Wildman–Crippen MR) is 166 cm³/mol. The number of allylic oxidation sites excluding steroid dienone is 3. The standard InChI is InChI=1S/C31H37N7O4S/c1-3-42-31(41)32-21(2)24-13-9-12-23(18-24)20-28(40)34-30-38-37-29(43-30)15-8-7-14-25-16-17-26(36-35-25)33-27(39)19-22-10-5-4-6-11-22/h4-6,9-13,16-18,21,35-36H,3,7-8,14-15,19-20H2,1-2H3,(H,32,41)(H,33,39)(H,34,38,40). The summed E-state index contributed by atoms with van der Waals surface area (Å²) in [5.41, 5.74) is 9.87. The maximum atomic E-state index is 12.6. The van der Waals surface area contributed by atoms with Crippen LogP contribution >= 0.6 is 11.3 Å². The van der Waals surface area contributed by atoms with Gasteiger partial charge < -0.3 is 26.1 Å². The zero-order valence-corrected chi connectivity index (χ0v) is 25.1. The number of aryl methyl sites for hydroxylation is 1. The lowest BCUT2D eigenvalue weighted by Gasteiger charge is -2.20. The Labute approximate surface area is 255 Å². The first-order valence-corrected chi connectivity index (χ1v) is 15.1. The van der Waals surface area contributed by atoms with Crippen molar-refractivity contribution in [3.8, 4) is 0 Å². The fourth-order valence-corrected chi connectivity index (χ4v) is 5.16. The van der Waals surface area contributed by atoms with Gasteiger partial charge in [0.05, 0.1) is 25.5 Å². The van der Waals surface area contributed by atoms with E-state index in [2.05, 4.69) is 37.0 Å². The first-order chi connectivity index (χ1) is 20.9. The Morgan fingerprint density at radius 2 is 1.63 bits per heavy atom. The number of anilines is 1. The van der Waals surface area contributed by atoms with Gasteiger partial charge in [0, 0.05) is 12.1 Å². The van der Waals surface area contributed by atoms with Gasteiger partial charge in [-0.25, -0.2) is 4.79 Å². The molecule has 5 N–H and O–H groups in total. The van der Waals surface area contributed by atoms with E-state index in [1.807, 2.05) is 73.7 Å². The third kappa shape index (κ3) is 10.6. The second-order valence-corrected chi connectivity index (χ2v) is 11.1. The summed E-state index contributed by atoms with van der Waals surface area (Å²) in [5, 5.41) is 18.1. The monoisotopic (exact) mass is 603 g/mol. The Kier molecular flexibility index (Phi) is 11.7. The van der Waals surface area contributed by atoms with Crippen molar-refractivity contribution in [1.29, 1.82) is 0 Å². The van der Waals surface area contributed by atoms with E-state index in [-0.39, 0.29) is 24.3 Å². The molecule has 1 aliphatic rings. The molecule has 1 aliphatic heterocycles. The summed E-state index contributed by atoms with van der Waals surface area (Å²) in [6.07, 6.45) is 7.28. The number of unbranched alkanes of at least 4 members (excludes halogenated alkanes) is 1. The molecule has 0 bridgehead atoms. The Morgan fingerprint density at radius 3 is 2.40 bits per heavy atom. The number of rotatable bonds is 14. The second kappa shape index (κ2) is 16.1. The number of aromatic nitrogens is 2.